The van der Waals surface area contributed by atoms with Gasteiger partial charge < -0.3 is 19.7 Å². The number of likely N-dealkylation sites (N-methyl/N-ethyl adjacent to an activating group) is 1. The molecule has 0 amide bonds. The van der Waals surface area contributed by atoms with Gasteiger partial charge in [0.2, 0.25) is 0 Å². The van der Waals surface area contributed by atoms with Crippen LogP contribution in [0.5, 0.6) is 0 Å². The van der Waals surface area contributed by atoms with Gasteiger partial charge in [0.1, 0.15) is 12.6 Å². The summed E-state index contributed by atoms with van der Waals surface area (Å²) in [5.74, 6) is 6.69. The molecule has 4 heteroatoms. The van der Waals surface area contributed by atoms with Crippen LogP contribution in [0.3, 0.4) is 0 Å². The van der Waals surface area contributed by atoms with E-state index in [2.05, 4.69) is 83.3 Å². The van der Waals surface area contributed by atoms with Crippen LogP contribution < -0.4 is 5.73 Å². The molecule has 0 rings (SSSR count). The van der Waals surface area contributed by atoms with Crippen LogP contribution in [-0.2, 0) is 9.47 Å². The monoisotopic (exact) mass is 738 g/mol. The molecule has 314 valence electrons. The molecule has 0 bridgehead atoms. The summed E-state index contributed by atoms with van der Waals surface area (Å²) in [7, 11) is 4.64. The van der Waals surface area contributed by atoms with Crippen LogP contribution in [0.15, 0.2) is 0 Å². The Labute approximate surface area is 329 Å². The summed E-state index contributed by atoms with van der Waals surface area (Å²) < 4.78 is 13.8. The van der Waals surface area contributed by atoms with E-state index in [1.165, 1.54) is 116 Å². The summed E-state index contributed by atoms with van der Waals surface area (Å²) in [6.45, 7) is 29.4. The lowest BCUT2D eigenvalue weighted by molar-refractivity contribution is -0.893. The van der Waals surface area contributed by atoms with E-state index < -0.39 is 0 Å². The first-order valence-electron chi connectivity index (χ1n) is 23.3. The molecule has 0 aromatic carbocycles. The Morgan fingerprint density at radius 3 is 1.10 bits per heavy atom. The highest BCUT2D eigenvalue weighted by molar-refractivity contribution is 4.64. The second-order valence-electron chi connectivity index (χ2n) is 20.1. The van der Waals surface area contributed by atoms with Crippen molar-refractivity contribution in [1.82, 2.24) is 0 Å². The minimum atomic E-state index is 0.154. The third kappa shape index (κ3) is 34.3. The molecule has 0 aromatic heterocycles. The average Bonchev–Trinajstić information content (AvgIpc) is 3.05. The third-order valence-corrected chi connectivity index (χ3v) is 12.2. The minimum Gasteiger partial charge on any atom is -0.379 e. The number of quaternary nitrogens is 1. The zero-order valence-corrected chi connectivity index (χ0v) is 38.1. The Hall–Kier alpha value is -0.160. The number of nitrogens with zero attached hydrogens (tertiary/aromatic N) is 1. The number of nitrogens with two attached hydrogens (primary N) is 1. The Kier molecular flexibility index (Phi) is 32.9. The molecule has 52 heavy (non-hydrogen) atoms. The van der Waals surface area contributed by atoms with Gasteiger partial charge in [-0.25, -0.2) is 0 Å². The van der Waals surface area contributed by atoms with Crippen LogP contribution in [0, 0.1) is 47.3 Å². The fourth-order valence-corrected chi connectivity index (χ4v) is 8.12. The molecular formula is C48H101N2O2+. The number of hydrogen-bond acceptors (Lipinski definition) is 3. The Morgan fingerprint density at radius 1 is 0.423 bits per heavy atom. The summed E-state index contributed by atoms with van der Waals surface area (Å²) in [5, 5.41) is 0. The van der Waals surface area contributed by atoms with E-state index in [4.69, 9.17) is 15.2 Å². The van der Waals surface area contributed by atoms with Crippen LogP contribution in [0.2, 0.25) is 0 Å². The van der Waals surface area contributed by atoms with E-state index in [9.17, 15) is 0 Å². The molecule has 0 fully saturated rings. The van der Waals surface area contributed by atoms with Gasteiger partial charge in [-0.1, -0.05) is 185 Å². The van der Waals surface area contributed by atoms with E-state index >= 15 is 0 Å². The third-order valence-electron chi connectivity index (χ3n) is 12.2. The summed E-state index contributed by atoms with van der Waals surface area (Å²) in [6.07, 6.45) is 28.6. The van der Waals surface area contributed by atoms with Crippen LogP contribution in [0.25, 0.3) is 0 Å². The maximum Gasteiger partial charge on any atom is 0.130 e. The quantitative estimate of drug-likeness (QED) is 0.0507. The van der Waals surface area contributed by atoms with Gasteiger partial charge in [-0.05, 0) is 66.7 Å². The molecule has 0 aliphatic rings. The number of rotatable bonds is 38. The van der Waals surface area contributed by atoms with Gasteiger partial charge in [0, 0.05) is 19.6 Å². The Balaban J connectivity index is 4.33. The highest BCUT2D eigenvalue weighted by Gasteiger charge is 2.23. The maximum atomic E-state index is 6.57. The van der Waals surface area contributed by atoms with Crippen molar-refractivity contribution >= 4 is 0 Å². The number of hydrogen-bond donors (Lipinski definition) is 1. The van der Waals surface area contributed by atoms with Gasteiger partial charge >= 0.3 is 0 Å². The van der Waals surface area contributed by atoms with Crippen LogP contribution >= 0.6 is 0 Å². The van der Waals surface area contributed by atoms with Crippen molar-refractivity contribution in [3.05, 3.63) is 0 Å². The van der Waals surface area contributed by atoms with Gasteiger partial charge in [0.15, 0.2) is 0 Å². The largest absolute Gasteiger partial charge is 0.379 e. The Bertz CT molecular complexity index is 755. The molecule has 0 saturated carbocycles. The first kappa shape index (κ1) is 51.8. The van der Waals surface area contributed by atoms with Gasteiger partial charge in [0.25, 0.3) is 0 Å². The average molecular weight is 738 g/mol. The topological polar surface area (TPSA) is 44.5 Å². The highest BCUT2D eigenvalue weighted by Crippen LogP contribution is 2.24. The fraction of sp³-hybridized carbons (Fsp3) is 1.00. The molecule has 0 aliphatic carbocycles. The molecule has 4 nitrogen and oxygen atoms in total. The molecule has 0 aliphatic heterocycles. The normalized spacial score (nSPS) is 16.7. The number of ether oxygens (including phenoxy) is 2. The van der Waals surface area contributed by atoms with Crippen molar-refractivity contribution in [2.45, 2.75) is 210 Å². The molecule has 7 atom stereocenters. The van der Waals surface area contributed by atoms with Gasteiger partial charge in [0.05, 0.1) is 27.2 Å². The molecule has 7 unspecified atom stereocenters. The lowest BCUT2D eigenvalue weighted by Gasteiger charge is -2.33. The standard InChI is InChI=1S/C48H101N2O2/c1-40(2)20-13-22-42(5)24-15-26-44(7)28-17-30-46(9)32-36-51-39-48(38-50(11,12)35-19-34-49)52-37-33-47(10)31-18-29-45(8)27-16-25-43(6)23-14-21-41(3)4/h40-48H,13-39,49H2,1-12H3/q+1. The summed E-state index contributed by atoms with van der Waals surface area (Å²) in [4.78, 5) is 0. The lowest BCUT2D eigenvalue weighted by Crippen LogP contribution is -2.48. The maximum absolute atomic E-state index is 6.57. The zero-order valence-electron chi connectivity index (χ0n) is 38.1. The molecule has 0 saturated heterocycles. The lowest BCUT2D eigenvalue weighted by atomic mass is 9.91. The van der Waals surface area contributed by atoms with Crippen molar-refractivity contribution in [2.24, 2.45) is 53.1 Å². The summed E-state index contributed by atoms with van der Waals surface area (Å²) in [6, 6.07) is 0. The molecule has 0 radical (unpaired) electrons. The van der Waals surface area contributed by atoms with Crippen molar-refractivity contribution in [3.8, 4) is 0 Å². The van der Waals surface area contributed by atoms with E-state index in [1.54, 1.807) is 0 Å². The Morgan fingerprint density at radius 2 is 0.750 bits per heavy atom. The van der Waals surface area contributed by atoms with Crippen molar-refractivity contribution in [2.75, 3.05) is 53.6 Å². The summed E-state index contributed by atoms with van der Waals surface area (Å²) in [5.41, 5.74) is 5.86. The summed E-state index contributed by atoms with van der Waals surface area (Å²) >= 11 is 0. The van der Waals surface area contributed by atoms with Crippen LogP contribution in [0.4, 0.5) is 0 Å². The second kappa shape index (κ2) is 33.0. The van der Waals surface area contributed by atoms with Crippen molar-refractivity contribution in [1.29, 1.82) is 0 Å². The predicted octanol–water partition coefficient (Wildman–Crippen LogP) is 13.7. The van der Waals surface area contributed by atoms with E-state index in [-0.39, 0.29) is 6.10 Å². The van der Waals surface area contributed by atoms with Gasteiger partial charge in [-0.3, -0.25) is 0 Å². The predicted molar refractivity (Wildman–Crippen MR) is 233 cm³/mol. The molecule has 0 spiro atoms. The minimum absolute atomic E-state index is 0.154. The molecular weight excluding hydrogens is 637 g/mol. The van der Waals surface area contributed by atoms with Gasteiger partial charge in [-0.15, -0.1) is 0 Å². The SMILES string of the molecule is CC(C)CCCC(C)CCCC(C)CCCC(C)CCOCC(C[N+](C)(C)CCCN)OCCC(C)CCCC(C)CCCC(C)CCCC(C)C. The van der Waals surface area contributed by atoms with Crippen LogP contribution in [-0.4, -0.2) is 64.1 Å². The molecule has 0 aromatic rings. The zero-order chi connectivity index (χ0) is 39.2. The van der Waals surface area contributed by atoms with Crippen molar-refractivity contribution in [3.63, 3.8) is 0 Å². The van der Waals surface area contributed by atoms with Crippen LogP contribution in [0.1, 0.15) is 204 Å². The molecule has 0 heterocycles. The van der Waals surface area contributed by atoms with E-state index in [1.807, 2.05) is 0 Å². The first-order chi connectivity index (χ1) is 24.6. The molecule has 2 N–H and O–H groups in total. The first-order valence-corrected chi connectivity index (χ1v) is 23.3. The van der Waals surface area contributed by atoms with E-state index in [0.29, 0.717) is 6.61 Å². The van der Waals surface area contributed by atoms with E-state index in [0.717, 1.165) is 104 Å². The fourth-order valence-electron chi connectivity index (χ4n) is 8.12. The van der Waals surface area contributed by atoms with Crippen molar-refractivity contribution < 1.29 is 14.0 Å². The second-order valence-corrected chi connectivity index (χ2v) is 20.1. The smallest absolute Gasteiger partial charge is 0.130 e. The highest BCUT2D eigenvalue weighted by atomic mass is 16.5. The van der Waals surface area contributed by atoms with Gasteiger partial charge in [-0.2, -0.15) is 0 Å².